The van der Waals surface area contributed by atoms with Crippen LogP contribution in [0.4, 0.5) is 0 Å². The van der Waals surface area contributed by atoms with Crippen LogP contribution in [0.3, 0.4) is 0 Å². The van der Waals surface area contributed by atoms with Crippen LogP contribution >= 0.6 is 11.3 Å². The number of hydrogen-bond donors (Lipinski definition) is 0. The molecule has 0 amide bonds. The average Bonchev–Trinajstić information content (AvgIpc) is 3.20. The molecule has 0 unspecified atom stereocenters. The third kappa shape index (κ3) is 6.09. The predicted octanol–water partition coefficient (Wildman–Crippen LogP) is 4.17. The van der Waals surface area contributed by atoms with Gasteiger partial charge in [0.1, 0.15) is 11.5 Å². The van der Waals surface area contributed by atoms with Crippen LogP contribution in [0, 0.1) is 0 Å². The molecule has 0 radical (unpaired) electrons. The van der Waals surface area contributed by atoms with Crippen molar-refractivity contribution in [1.82, 2.24) is 4.90 Å². The number of ether oxygens (including phenoxy) is 1. The summed E-state index contributed by atoms with van der Waals surface area (Å²) in [5.74, 6) is 1.03. The van der Waals surface area contributed by atoms with E-state index < -0.39 is 10.1 Å². The molecule has 0 saturated heterocycles. The van der Waals surface area contributed by atoms with E-state index in [9.17, 15) is 8.42 Å². The maximum absolute atomic E-state index is 12.4. The number of para-hydroxylation sites is 2. The van der Waals surface area contributed by atoms with E-state index in [4.69, 9.17) is 8.92 Å². The van der Waals surface area contributed by atoms with Crippen LogP contribution in [-0.4, -0.2) is 32.7 Å². The molecule has 2 aromatic carbocycles. The number of nitrogens with zero attached hydrogens (tertiary/aromatic N) is 1. The van der Waals surface area contributed by atoms with Crippen molar-refractivity contribution in [1.29, 1.82) is 0 Å². The van der Waals surface area contributed by atoms with Crippen LogP contribution in [-0.2, 0) is 23.2 Å². The molecule has 0 N–H and O–H groups in total. The highest BCUT2D eigenvalue weighted by molar-refractivity contribution is 7.87. The molecule has 0 aliphatic heterocycles. The van der Waals surface area contributed by atoms with E-state index in [0.717, 1.165) is 11.3 Å². The zero-order chi connectivity index (χ0) is 19.8. The lowest BCUT2D eigenvalue weighted by molar-refractivity contribution is 0.267. The summed E-state index contributed by atoms with van der Waals surface area (Å²) in [6.07, 6.45) is 0. The Morgan fingerprint density at radius 2 is 1.68 bits per heavy atom. The quantitative estimate of drug-likeness (QED) is 0.464. The van der Waals surface area contributed by atoms with E-state index in [2.05, 4.69) is 11.0 Å². The smallest absolute Gasteiger partial charge is 0.310 e. The van der Waals surface area contributed by atoms with E-state index in [0.29, 0.717) is 25.4 Å². The zero-order valence-electron chi connectivity index (χ0n) is 15.7. The Morgan fingerprint density at radius 3 is 2.39 bits per heavy atom. The van der Waals surface area contributed by atoms with Gasteiger partial charge in [-0.15, -0.1) is 11.3 Å². The van der Waals surface area contributed by atoms with Crippen LogP contribution in [0.5, 0.6) is 11.5 Å². The third-order valence-electron chi connectivity index (χ3n) is 4.17. The Morgan fingerprint density at radius 1 is 0.929 bits per heavy atom. The minimum Gasteiger partial charge on any atom is -0.496 e. The lowest BCUT2D eigenvalue weighted by Crippen LogP contribution is -2.30. The fraction of sp³-hybridized carbons (Fsp3) is 0.238. The summed E-state index contributed by atoms with van der Waals surface area (Å²) in [6.45, 7) is 1.60. The highest BCUT2D eigenvalue weighted by atomic mass is 32.2. The molecular weight excluding hydrogens is 394 g/mol. The molecule has 3 aromatic rings. The van der Waals surface area contributed by atoms with Crippen molar-refractivity contribution < 1.29 is 17.3 Å². The topological polar surface area (TPSA) is 55.8 Å². The summed E-state index contributed by atoms with van der Waals surface area (Å²) in [5, 5.41) is 2.02. The molecule has 1 aromatic heterocycles. The molecular formula is C21H23NO4S2. The second-order valence-electron chi connectivity index (χ2n) is 6.26. The van der Waals surface area contributed by atoms with Crippen LogP contribution in [0.2, 0.25) is 0 Å². The lowest BCUT2D eigenvalue weighted by Gasteiger charge is -2.22. The van der Waals surface area contributed by atoms with E-state index in [1.165, 1.54) is 4.88 Å². The lowest BCUT2D eigenvalue weighted by atomic mass is 10.2. The summed E-state index contributed by atoms with van der Waals surface area (Å²) in [7, 11) is -2.05. The molecule has 1 heterocycles. The monoisotopic (exact) mass is 417 g/mol. The van der Waals surface area contributed by atoms with Crippen molar-refractivity contribution in [3.05, 3.63) is 82.6 Å². The van der Waals surface area contributed by atoms with Crippen molar-refractivity contribution in [2.45, 2.75) is 13.1 Å². The molecule has 7 heteroatoms. The minimum atomic E-state index is -3.69. The van der Waals surface area contributed by atoms with Gasteiger partial charge in [0.05, 0.1) is 12.9 Å². The van der Waals surface area contributed by atoms with Gasteiger partial charge in [0.25, 0.3) is 0 Å². The standard InChI is InChI=1S/C21H23NO4S2/c1-25-21-12-6-5-8-18(21)16-22(17-20-11-7-14-27-20)13-15-28(23,24)26-19-9-3-2-4-10-19/h2-12,14H,13,15-17H2,1H3. The first-order valence-electron chi connectivity index (χ1n) is 8.89. The normalized spacial score (nSPS) is 11.5. The Balaban J connectivity index is 1.70. The molecule has 0 atom stereocenters. The van der Waals surface area contributed by atoms with Crippen molar-refractivity contribution in [3.63, 3.8) is 0 Å². The van der Waals surface area contributed by atoms with Crippen LogP contribution in [0.15, 0.2) is 72.1 Å². The minimum absolute atomic E-state index is 0.0948. The number of rotatable bonds is 10. The van der Waals surface area contributed by atoms with Crippen LogP contribution in [0.25, 0.3) is 0 Å². The average molecular weight is 418 g/mol. The predicted molar refractivity (Wildman–Crippen MR) is 112 cm³/mol. The van der Waals surface area contributed by atoms with Gasteiger partial charge >= 0.3 is 10.1 Å². The van der Waals surface area contributed by atoms with E-state index in [1.54, 1.807) is 42.7 Å². The summed E-state index contributed by atoms with van der Waals surface area (Å²) in [6, 6.07) is 20.4. The summed E-state index contributed by atoms with van der Waals surface area (Å²) in [4.78, 5) is 3.27. The van der Waals surface area contributed by atoms with Gasteiger partial charge in [-0.2, -0.15) is 8.42 Å². The summed E-state index contributed by atoms with van der Waals surface area (Å²) >= 11 is 1.65. The third-order valence-corrected chi connectivity index (χ3v) is 6.16. The SMILES string of the molecule is COc1ccccc1CN(CCS(=O)(=O)Oc1ccccc1)Cc1cccs1. The van der Waals surface area contributed by atoms with Crippen LogP contribution < -0.4 is 8.92 Å². The molecule has 28 heavy (non-hydrogen) atoms. The van der Waals surface area contributed by atoms with E-state index >= 15 is 0 Å². The Hall–Kier alpha value is -2.35. The number of benzene rings is 2. The van der Waals surface area contributed by atoms with Gasteiger partial charge in [-0.25, -0.2) is 0 Å². The maximum Gasteiger partial charge on any atom is 0.310 e. The molecule has 0 saturated carbocycles. The first-order valence-corrected chi connectivity index (χ1v) is 11.4. The van der Waals surface area contributed by atoms with Gasteiger partial charge in [-0.05, 0) is 29.6 Å². The van der Waals surface area contributed by atoms with Crippen LogP contribution in [0.1, 0.15) is 10.4 Å². The van der Waals surface area contributed by atoms with Gasteiger partial charge in [-0.3, -0.25) is 4.90 Å². The largest absolute Gasteiger partial charge is 0.496 e. The summed E-state index contributed by atoms with van der Waals surface area (Å²) in [5.41, 5.74) is 1.02. The van der Waals surface area contributed by atoms with Crippen molar-refractivity contribution in [2.75, 3.05) is 19.4 Å². The first-order chi connectivity index (χ1) is 13.6. The van der Waals surface area contributed by atoms with Gasteiger partial charge in [0.2, 0.25) is 0 Å². The maximum atomic E-state index is 12.4. The van der Waals surface area contributed by atoms with Gasteiger partial charge in [0, 0.05) is 30.1 Å². The number of hydrogen-bond acceptors (Lipinski definition) is 6. The number of methoxy groups -OCH3 is 1. The number of thiophene rings is 1. The first kappa shape index (κ1) is 20.4. The second-order valence-corrected chi connectivity index (χ2v) is 8.98. The van der Waals surface area contributed by atoms with Crippen molar-refractivity contribution in [3.8, 4) is 11.5 Å². The Kier molecular flexibility index (Phi) is 7.08. The van der Waals surface area contributed by atoms with Gasteiger partial charge in [0.15, 0.2) is 0 Å². The van der Waals surface area contributed by atoms with Gasteiger partial charge in [-0.1, -0.05) is 42.5 Å². The molecule has 5 nitrogen and oxygen atoms in total. The molecule has 148 valence electrons. The zero-order valence-corrected chi connectivity index (χ0v) is 17.3. The highest BCUT2D eigenvalue weighted by Gasteiger charge is 2.18. The Labute approximate surface area is 170 Å². The summed E-state index contributed by atoms with van der Waals surface area (Å²) < 4.78 is 35.5. The fourth-order valence-electron chi connectivity index (χ4n) is 2.82. The van der Waals surface area contributed by atoms with Gasteiger partial charge < -0.3 is 8.92 Å². The molecule has 0 spiro atoms. The molecule has 0 aliphatic carbocycles. The second kappa shape index (κ2) is 9.73. The van der Waals surface area contributed by atoms with Crippen molar-refractivity contribution in [2.24, 2.45) is 0 Å². The van der Waals surface area contributed by atoms with Crippen molar-refractivity contribution >= 4 is 21.5 Å². The molecule has 0 aliphatic rings. The highest BCUT2D eigenvalue weighted by Crippen LogP contribution is 2.21. The molecule has 0 bridgehead atoms. The van der Waals surface area contributed by atoms with E-state index in [1.807, 2.05) is 41.8 Å². The fourth-order valence-corrected chi connectivity index (χ4v) is 4.53. The Bertz CT molecular complexity index is 957. The molecule has 3 rings (SSSR count). The van der Waals surface area contributed by atoms with E-state index in [-0.39, 0.29) is 5.75 Å². The molecule has 0 fully saturated rings.